The Morgan fingerprint density at radius 3 is 2.36 bits per heavy atom. The summed E-state index contributed by atoms with van der Waals surface area (Å²) in [5.74, 6) is -0.496. The van der Waals surface area contributed by atoms with E-state index in [-0.39, 0.29) is 6.42 Å². The summed E-state index contributed by atoms with van der Waals surface area (Å²) in [6, 6.07) is 9.39. The van der Waals surface area contributed by atoms with Crippen LogP contribution in [0.25, 0.3) is 0 Å². The van der Waals surface area contributed by atoms with E-state index in [9.17, 15) is 9.59 Å². The Bertz CT molecular complexity index is 794. The van der Waals surface area contributed by atoms with E-state index < -0.39 is 17.9 Å². The second-order valence-electron chi connectivity index (χ2n) is 5.26. The lowest BCUT2D eigenvalue weighted by molar-refractivity contribution is -0.119. The number of amides is 2. The van der Waals surface area contributed by atoms with Crippen molar-refractivity contribution in [3.63, 3.8) is 0 Å². The number of benzene rings is 2. The van der Waals surface area contributed by atoms with Crippen molar-refractivity contribution in [3.8, 4) is 5.75 Å². The summed E-state index contributed by atoms with van der Waals surface area (Å²) in [5.41, 5.74) is 6.59. The number of carbonyl (C=O) groups excluding carboxylic acids is 2. The number of rotatable bonds is 6. The van der Waals surface area contributed by atoms with Crippen LogP contribution < -0.4 is 15.8 Å². The molecule has 0 aromatic heterocycles. The lowest BCUT2D eigenvalue weighted by atomic mass is 10.0. The molecule has 2 amide bonds. The second-order valence-corrected chi connectivity index (χ2v) is 7.50. The van der Waals surface area contributed by atoms with Crippen molar-refractivity contribution in [2.45, 2.75) is 12.5 Å². The molecule has 0 unspecified atom stereocenters. The van der Waals surface area contributed by atoms with Gasteiger partial charge in [-0.05, 0) is 35.9 Å². The Labute approximate surface area is 167 Å². The average molecular weight is 491 g/mol. The summed E-state index contributed by atoms with van der Waals surface area (Å²) in [6.07, 6.45) is 0.222. The number of nitrogens with two attached hydrogens (primary N) is 1. The SMILES string of the molecule is COc1ccc(C[C@H](NC(=O)c2cc(Br)cc(Br)c2)C(N)=O)cc1Cl. The van der Waals surface area contributed by atoms with Crippen LogP contribution in [-0.2, 0) is 11.2 Å². The van der Waals surface area contributed by atoms with Crippen LogP contribution in [0.1, 0.15) is 15.9 Å². The van der Waals surface area contributed by atoms with Gasteiger partial charge in [0.1, 0.15) is 11.8 Å². The van der Waals surface area contributed by atoms with Gasteiger partial charge in [0, 0.05) is 20.9 Å². The lowest BCUT2D eigenvalue weighted by Gasteiger charge is -2.16. The molecule has 0 saturated carbocycles. The zero-order valence-corrected chi connectivity index (χ0v) is 17.1. The molecule has 0 fully saturated rings. The Morgan fingerprint density at radius 2 is 1.84 bits per heavy atom. The number of hydrogen-bond acceptors (Lipinski definition) is 3. The van der Waals surface area contributed by atoms with Gasteiger partial charge in [-0.2, -0.15) is 0 Å². The third-order valence-corrected chi connectivity index (χ3v) is 4.64. The van der Waals surface area contributed by atoms with Gasteiger partial charge >= 0.3 is 0 Å². The fourth-order valence-electron chi connectivity index (χ4n) is 2.22. The zero-order chi connectivity index (χ0) is 18.6. The van der Waals surface area contributed by atoms with Gasteiger partial charge in [-0.15, -0.1) is 0 Å². The average Bonchev–Trinajstić information content (AvgIpc) is 2.53. The van der Waals surface area contributed by atoms with Gasteiger partial charge in [-0.1, -0.05) is 49.5 Å². The topological polar surface area (TPSA) is 81.4 Å². The monoisotopic (exact) mass is 488 g/mol. The normalized spacial score (nSPS) is 11.7. The van der Waals surface area contributed by atoms with E-state index in [1.54, 1.807) is 30.3 Å². The number of nitrogens with one attached hydrogen (secondary N) is 1. The van der Waals surface area contributed by atoms with Crippen LogP contribution in [0.15, 0.2) is 45.3 Å². The highest BCUT2D eigenvalue weighted by Crippen LogP contribution is 2.25. The maximum Gasteiger partial charge on any atom is 0.252 e. The van der Waals surface area contributed by atoms with Gasteiger partial charge in [0.2, 0.25) is 5.91 Å². The fraction of sp³-hybridized carbons (Fsp3) is 0.176. The highest BCUT2D eigenvalue weighted by Gasteiger charge is 2.20. The molecule has 2 aromatic carbocycles. The van der Waals surface area contributed by atoms with Crippen molar-refractivity contribution in [2.24, 2.45) is 5.73 Å². The summed E-state index contributed by atoms with van der Waals surface area (Å²) < 4.78 is 6.58. The first-order valence-corrected chi connectivity index (χ1v) is 9.15. The number of ether oxygens (including phenoxy) is 1. The maximum atomic E-state index is 12.4. The molecule has 2 rings (SSSR count). The maximum absolute atomic E-state index is 12.4. The van der Waals surface area contributed by atoms with E-state index in [2.05, 4.69) is 37.2 Å². The van der Waals surface area contributed by atoms with Crippen molar-refractivity contribution in [2.75, 3.05) is 7.11 Å². The van der Waals surface area contributed by atoms with Crippen LogP contribution in [0, 0.1) is 0 Å². The van der Waals surface area contributed by atoms with Crippen LogP contribution >= 0.6 is 43.5 Å². The Balaban J connectivity index is 2.16. The van der Waals surface area contributed by atoms with E-state index in [1.165, 1.54) is 7.11 Å². The third kappa shape index (κ3) is 5.45. The molecular formula is C17H15Br2ClN2O3. The van der Waals surface area contributed by atoms with Crippen molar-refractivity contribution >= 4 is 55.3 Å². The molecule has 5 nitrogen and oxygen atoms in total. The van der Waals surface area contributed by atoms with Gasteiger partial charge in [-0.25, -0.2) is 0 Å². The Kier molecular flexibility index (Phi) is 6.87. The number of methoxy groups -OCH3 is 1. The molecule has 0 saturated heterocycles. The predicted molar refractivity (Wildman–Crippen MR) is 104 cm³/mol. The lowest BCUT2D eigenvalue weighted by Crippen LogP contribution is -2.45. The quantitative estimate of drug-likeness (QED) is 0.648. The molecule has 2 aromatic rings. The van der Waals surface area contributed by atoms with Gasteiger partial charge in [0.15, 0.2) is 0 Å². The molecule has 1 atom stereocenters. The summed E-state index contributed by atoms with van der Waals surface area (Å²) >= 11 is 12.7. The van der Waals surface area contributed by atoms with Gasteiger partial charge in [-0.3, -0.25) is 9.59 Å². The highest BCUT2D eigenvalue weighted by molar-refractivity contribution is 9.11. The second kappa shape index (κ2) is 8.69. The van der Waals surface area contributed by atoms with Crippen molar-refractivity contribution in [1.82, 2.24) is 5.32 Å². The van der Waals surface area contributed by atoms with Crippen LogP contribution in [0.5, 0.6) is 5.75 Å². The minimum atomic E-state index is -0.866. The summed E-state index contributed by atoms with van der Waals surface area (Å²) in [5, 5.41) is 3.08. The number of hydrogen-bond donors (Lipinski definition) is 2. The first-order chi connectivity index (χ1) is 11.8. The molecule has 0 bridgehead atoms. The van der Waals surface area contributed by atoms with Crippen molar-refractivity contribution in [3.05, 3.63) is 61.5 Å². The van der Waals surface area contributed by atoms with Gasteiger partial charge in [0.05, 0.1) is 12.1 Å². The minimum absolute atomic E-state index is 0.222. The first kappa shape index (κ1) is 19.8. The summed E-state index contributed by atoms with van der Waals surface area (Å²) in [6.45, 7) is 0. The van der Waals surface area contributed by atoms with Crippen LogP contribution in [0.3, 0.4) is 0 Å². The minimum Gasteiger partial charge on any atom is -0.495 e. The smallest absolute Gasteiger partial charge is 0.252 e. The molecule has 8 heteroatoms. The zero-order valence-electron chi connectivity index (χ0n) is 13.2. The molecule has 0 aliphatic rings. The van der Waals surface area contributed by atoms with Crippen molar-refractivity contribution < 1.29 is 14.3 Å². The van der Waals surface area contributed by atoms with Gasteiger partial charge in [0.25, 0.3) is 5.91 Å². The molecule has 3 N–H and O–H groups in total. The molecule has 0 spiro atoms. The standard InChI is InChI=1S/C17H15Br2ClN2O3/c1-25-15-3-2-9(4-13(15)20)5-14(16(21)23)22-17(24)10-6-11(18)8-12(19)7-10/h2-4,6-8,14H,5H2,1H3,(H2,21,23)(H,22,24)/t14-/m0/s1. The van der Waals surface area contributed by atoms with E-state index >= 15 is 0 Å². The molecule has 0 heterocycles. The predicted octanol–water partition coefficient (Wildman–Crippen LogP) is 3.70. The molecule has 0 aliphatic heterocycles. The van der Waals surface area contributed by atoms with Crippen LogP contribution in [0.4, 0.5) is 0 Å². The number of halogens is 3. The highest BCUT2D eigenvalue weighted by atomic mass is 79.9. The summed E-state index contributed by atoms with van der Waals surface area (Å²) in [4.78, 5) is 24.2. The summed E-state index contributed by atoms with van der Waals surface area (Å²) in [7, 11) is 1.52. The first-order valence-electron chi connectivity index (χ1n) is 7.19. The van der Waals surface area contributed by atoms with Crippen LogP contribution in [0.2, 0.25) is 5.02 Å². The third-order valence-electron chi connectivity index (χ3n) is 3.43. The molecular weight excluding hydrogens is 475 g/mol. The van der Waals surface area contributed by atoms with Gasteiger partial charge < -0.3 is 15.8 Å². The van der Waals surface area contributed by atoms with E-state index in [1.807, 2.05) is 6.07 Å². The Morgan fingerprint density at radius 1 is 1.20 bits per heavy atom. The molecule has 0 radical (unpaired) electrons. The molecule has 0 aliphatic carbocycles. The van der Waals surface area contributed by atoms with Crippen molar-refractivity contribution in [1.29, 1.82) is 0 Å². The van der Waals surface area contributed by atoms with E-state index in [4.69, 9.17) is 22.1 Å². The number of carbonyl (C=O) groups is 2. The Hall–Kier alpha value is -1.57. The van der Waals surface area contributed by atoms with E-state index in [0.29, 0.717) is 16.3 Å². The largest absolute Gasteiger partial charge is 0.495 e. The fourth-order valence-corrected chi connectivity index (χ4v) is 3.80. The molecule has 132 valence electrons. The molecule has 25 heavy (non-hydrogen) atoms. The van der Waals surface area contributed by atoms with E-state index in [0.717, 1.165) is 14.5 Å². The number of primary amides is 1. The van der Waals surface area contributed by atoms with Crippen LogP contribution in [-0.4, -0.2) is 25.0 Å².